The summed E-state index contributed by atoms with van der Waals surface area (Å²) in [5.74, 6) is 0. The first-order valence-corrected chi connectivity index (χ1v) is 26.6. The maximum absolute atomic E-state index is 2.46. The van der Waals surface area contributed by atoms with E-state index in [1.165, 1.54) is 109 Å². The number of hydrogen-bond donors (Lipinski definition) is 0. The molecular formula is C66H64N2S2. The predicted octanol–water partition coefficient (Wildman–Crippen LogP) is 19.9. The van der Waals surface area contributed by atoms with Crippen molar-refractivity contribution in [3.8, 4) is 54.5 Å². The summed E-state index contributed by atoms with van der Waals surface area (Å²) in [6.45, 7) is 27.7. The molecule has 0 aliphatic heterocycles. The zero-order chi connectivity index (χ0) is 49.1. The lowest BCUT2D eigenvalue weighted by atomic mass is 9.85. The third-order valence-electron chi connectivity index (χ3n) is 14.6. The van der Waals surface area contributed by atoms with E-state index in [1.54, 1.807) is 22.7 Å². The van der Waals surface area contributed by atoms with Crippen LogP contribution in [0.5, 0.6) is 0 Å². The molecular weight excluding hydrogens is 885 g/mol. The van der Waals surface area contributed by atoms with Crippen LogP contribution in [-0.2, 0) is 21.7 Å². The summed E-state index contributed by atoms with van der Waals surface area (Å²) in [6.07, 6.45) is 0. The number of benzene rings is 7. The fourth-order valence-electron chi connectivity index (χ4n) is 10.4. The van der Waals surface area contributed by atoms with Crippen LogP contribution in [0, 0.1) is 0 Å². The number of thiophene rings is 2. The summed E-state index contributed by atoms with van der Waals surface area (Å²) in [4.78, 5) is 2.52. The molecule has 350 valence electrons. The highest BCUT2D eigenvalue weighted by Gasteiger charge is 2.24. The van der Waals surface area contributed by atoms with Gasteiger partial charge in [0.05, 0.1) is 22.1 Å². The summed E-state index contributed by atoms with van der Waals surface area (Å²) in [7, 11) is 0. The molecule has 0 bridgehead atoms. The van der Waals surface area contributed by atoms with E-state index in [9.17, 15) is 0 Å². The van der Waals surface area contributed by atoms with Gasteiger partial charge in [0.15, 0.2) is 0 Å². The zero-order valence-electron chi connectivity index (χ0n) is 42.9. The maximum atomic E-state index is 2.46. The van der Waals surface area contributed by atoms with Crippen LogP contribution in [0.2, 0.25) is 0 Å². The minimum absolute atomic E-state index is 0.0502. The third kappa shape index (κ3) is 8.04. The minimum atomic E-state index is 0.0502. The van der Waals surface area contributed by atoms with Gasteiger partial charge in [-0.15, -0.1) is 22.7 Å². The van der Waals surface area contributed by atoms with E-state index in [0.29, 0.717) is 0 Å². The topological polar surface area (TPSA) is 9.86 Å². The summed E-state index contributed by atoms with van der Waals surface area (Å²) in [5, 5.41) is 9.62. The molecule has 4 heteroatoms. The molecule has 0 N–H and O–H groups in total. The lowest BCUT2D eigenvalue weighted by Gasteiger charge is -2.19. The van der Waals surface area contributed by atoms with Gasteiger partial charge in [0.1, 0.15) is 0 Å². The molecule has 70 heavy (non-hydrogen) atoms. The zero-order valence-corrected chi connectivity index (χ0v) is 44.5. The Morgan fingerprint density at radius 1 is 0.300 bits per heavy atom. The van der Waals surface area contributed by atoms with E-state index in [-0.39, 0.29) is 21.7 Å². The van der Waals surface area contributed by atoms with Crippen molar-refractivity contribution in [3.05, 3.63) is 191 Å². The van der Waals surface area contributed by atoms with Gasteiger partial charge in [0.25, 0.3) is 0 Å². The van der Waals surface area contributed by atoms with E-state index < -0.39 is 0 Å². The van der Waals surface area contributed by atoms with Crippen molar-refractivity contribution < 1.29 is 0 Å². The van der Waals surface area contributed by atoms with Gasteiger partial charge in [-0.1, -0.05) is 144 Å². The fourth-order valence-corrected chi connectivity index (χ4v) is 11.9. The molecule has 0 radical (unpaired) electrons. The van der Waals surface area contributed by atoms with Gasteiger partial charge < -0.3 is 9.13 Å². The highest BCUT2D eigenvalue weighted by Crippen LogP contribution is 2.46. The molecule has 0 fully saturated rings. The standard InChI is InChI=1S/C66H64N2S2/c1-63(2,3)43-21-29-57-51(35-43)52-36-44(64(4,5)6)22-30-58(52)67(57)47-25-17-41(18-26-47)49-39-56(62-16-14-34-70-62)50(40-55(49)61-15-13-33-69-61)42-19-27-48(28-20-42)68-59-31-23-45(65(7,8)9)37-53(59)54-38-46(66(10,11)12)24-32-60(54)68/h13-40H,1-12H3. The van der Waals surface area contributed by atoms with Gasteiger partial charge in [-0.2, -0.15) is 0 Å². The number of nitrogens with zero attached hydrogens (tertiary/aromatic N) is 2. The van der Waals surface area contributed by atoms with E-state index in [4.69, 9.17) is 0 Å². The van der Waals surface area contributed by atoms with Gasteiger partial charge in [-0.25, -0.2) is 0 Å². The monoisotopic (exact) mass is 948 g/mol. The molecule has 4 heterocycles. The number of fused-ring (bicyclic) bond motifs is 6. The van der Waals surface area contributed by atoms with Crippen LogP contribution < -0.4 is 0 Å². The van der Waals surface area contributed by atoms with Gasteiger partial charge in [-0.05, 0) is 174 Å². The molecule has 0 amide bonds. The second-order valence-corrected chi connectivity index (χ2v) is 25.5. The molecule has 0 saturated carbocycles. The molecule has 11 rings (SSSR count). The van der Waals surface area contributed by atoms with Gasteiger partial charge in [-0.3, -0.25) is 0 Å². The van der Waals surface area contributed by atoms with Crippen LogP contribution >= 0.6 is 22.7 Å². The highest BCUT2D eigenvalue weighted by atomic mass is 32.1. The normalized spacial score (nSPS) is 12.9. The largest absolute Gasteiger partial charge is 0.309 e. The Bertz CT molecular complexity index is 3360. The first kappa shape index (κ1) is 46.0. The Morgan fingerprint density at radius 3 is 0.829 bits per heavy atom. The predicted molar refractivity (Wildman–Crippen MR) is 307 cm³/mol. The third-order valence-corrected chi connectivity index (χ3v) is 16.4. The van der Waals surface area contributed by atoms with Crippen molar-refractivity contribution in [2.45, 2.75) is 105 Å². The Kier molecular flexibility index (Phi) is 10.9. The lowest BCUT2D eigenvalue weighted by molar-refractivity contribution is 0.590. The van der Waals surface area contributed by atoms with Crippen molar-refractivity contribution in [2.24, 2.45) is 0 Å². The summed E-state index contributed by atoms with van der Waals surface area (Å²) < 4.78 is 4.92. The molecule has 0 atom stereocenters. The van der Waals surface area contributed by atoms with Crippen molar-refractivity contribution >= 4 is 66.3 Å². The van der Waals surface area contributed by atoms with E-state index in [2.05, 4.69) is 261 Å². The SMILES string of the molecule is CC(C)(C)c1ccc2c(c1)c1cc(C(C)(C)C)ccc1n2-c1ccc(-c2cc(-c3cccs3)c(-c3ccc(-n4c5ccc(C(C)(C)C)cc5c5cc(C(C)(C)C)ccc54)cc3)cc2-c2cccs2)cc1. The summed E-state index contributed by atoms with van der Waals surface area (Å²) in [6, 6.07) is 60.7. The molecule has 4 aromatic heterocycles. The Morgan fingerprint density at radius 2 is 0.586 bits per heavy atom. The highest BCUT2D eigenvalue weighted by molar-refractivity contribution is 7.14. The average Bonchev–Trinajstić information content (AvgIpc) is 4.16. The molecule has 0 aliphatic carbocycles. The second kappa shape index (κ2) is 16.6. The van der Waals surface area contributed by atoms with Gasteiger partial charge in [0.2, 0.25) is 0 Å². The lowest BCUT2D eigenvalue weighted by Crippen LogP contribution is -2.10. The molecule has 2 nitrogen and oxygen atoms in total. The number of rotatable bonds is 6. The van der Waals surface area contributed by atoms with Crippen molar-refractivity contribution in [1.29, 1.82) is 0 Å². The van der Waals surface area contributed by atoms with Gasteiger partial charge >= 0.3 is 0 Å². The molecule has 0 aliphatic rings. The second-order valence-electron chi connectivity index (χ2n) is 23.6. The number of hydrogen-bond acceptors (Lipinski definition) is 2. The maximum Gasteiger partial charge on any atom is 0.0541 e. The Hall–Kier alpha value is -6.46. The smallest absolute Gasteiger partial charge is 0.0541 e. The summed E-state index contributed by atoms with van der Waals surface area (Å²) >= 11 is 3.61. The van der Waals surface area contributed by atoms with Crippen molar-refractivity contribution in [1.82, 2.24) is 9.13 Å². The summed E-state index contributed by atoms with van der Waals surface area (Å²) in [5.41, 5.74) is 20.2. The average molecular weight is 949 g/mol. The fraction of sp³-hybridized carbons (Fsp3) is 0.242. The van der Waals surface area contributed by atoms with Crippen LogP contribution in [0.25, 0.3) is 98.1 Å². The van der Waals surface area contributed by atoms with E-state index >= 15 is 0 Å². The molecule has 0 spiro atoms. The van der Waals surface area contributed by atoms with Crippen LogP contribution in [0.4, 0.5) is 0 Å². The minimum Gasteiger partial charge on any atom is -0.309 e. The van der Waals surface area contributed by atoms with E-state index in [1.807, 2.05) is 0 Å². The van der Waals surface area contributed by atoms with Gasteiger partial charge in [0, 0.05) is 53.8 Å². The van der Waals surface area contributed by atoms with E-state index in [0.717, 1.165) is 11.4 Å². The molecule has 0 saturated heterocycles. The number of aromatic nitrogens is 2. The van der Waals surface area contributed by atoms with Crippen molar-refractivity contribution in [3.63, 3.8) is 0 Å². The van der Waals surface area contributed by atoms with Crippen LogP contribution in [-0.4, -0.2) is 9.13 Å². The molecule has 11 aromatic rings. The molecule has 7 aromatic carbocycles. The Balaban J connectivity index is 1.04. The van der Waals surface area contributed by atoms with Crippen LogP contribution in [0.1, 0.15) is 105 Å². The quantitative estimate of drug-likeness (QED) is 0.157. The Labute approximate surface area is 422 Å². The van der Waals surface area contributed by atoms with Crippen molar-refractivity contribution in [2.75, 3.05) is 0 Å². The van der Waals surface area contributed by atoms with Crippen LogP contribution in [0.3, 0.4) is 0 Å². The first-order valence-electron chi connectivity index (χ1n) is 24.9. The molecule has 0 unspecified atom stereocenters. The first-order chi connectivity index (χ1) is 33.2. The van der Waals surface area contributed by atoms with Crippen LogP contribution in [0.15, 0.2) is 168 Å².